The molecule has 0 aliphatic heterocycles. The van der Waals surface area contributed by atoms with Crippen LogP contribution in [0.5, 0.6) is 0 Å². The number of carbonyl (C=O) groups excluding carboxylic acids is 3. The first-order valence-corrected chi connectivity index (χ1v) is 11.5. The van der Waals surface area contributed by atoms with Crippen molar-refractivity contribution in [2.24, 2.45) is 17.6 Å². The summed E-state index contributed by atoms with van der Waals surface area (Å²) in [6, 6.07) is -0.864. The van der Waals surface area contributed by atoms with Crippen molar-refractivity contribution in [1.82, 2.24) is 15.2 Å². The summed E-state index contributed by atoms with van der Waals surface area (Å²) >= 11 is 1.21. The Morgan fingerprint density at radius 1 is 1.26 bits per heavy atom. The molecular formula is C21H36N4O5S. The fourth-order valence-electron chi connectivity index (χ4n) is 3.11. The Morgan fingerprint density at radius 3 is 2.42 bits per heavy atom. The highest BCUT2D eigenvalue weighted by molar-refractivity contribution is 7.09. The molecule has 0 bridgehead atoms. The van der Waals surface area contributed by atoms with Gasteiger partial charge in [0.1, 0.15) is 5.01 Å². The molecule has 3 N–H and O–H groups in total. The topological polar surface area (TPSA) is 124 Å². The molecule has 0 spiro atoms. The lowest BCUT2D eigenvalue weighted by Crippen LogP contribution is -2.51. The van der Waals surface area contributed by atoms with Crippen LogP contribution in [0.15, 0.2) is 5.38 Å². The van der Waals surface area contributed by atoms with E-state index in [1.165, 1.54) is 18.4 Å². The Kier molecular flexibility index (Phi) is 10.9. The summed E-state index contributed by atoms with van der Waals surface area (Å²) in [6.45, 7) is 9.88. The lowest BCUT2D eigenvalue weighted by atomic mass is 9.93. The van der Waals surface area contributed by atoms with Gasteiger partial charge in [-0.25, -0.2) is 14.6 Å². The number of carbonyl (C=O) groups is 3. The fourth-order valence-corrected chi connectivity index (χ4v) is 3.94. The van der Waals surface area contributed by atoms with Crippen LogP contribution in [-0.2, 0) is 14.3 Å². The van der Waals surface area contributed by atoms with Gasteiger partial charge in [-0.15, -0.1) is 11.3 Å². The second kappa shape index (κ2) is 12.6. The lowest BCUT2D eigenvalue weighted by molar-refractivity contribution is -0.136. The van der Waals surface area contributed by atoms with Crippen molar-refractivity contribution in [3.63, 3.8) is 0 Å². The van der Waals surface area contributed by atoms with Crippen molar-refractivity contribution < 1.29 is 23.9 Å². The maximum Gasteiger partial charge on any atom is 0.407 e. The normalized spacial score (nSPS) is 15.0. The molecule has 176 valence electrons. The van der Waals surface area contributed by atoms with E-state index in [2.05, 4.69) is 10.3 Å². The molecule has 1 heterocycles. The molecule has 10 heteroatoms. The quantitative estimate of drug-likeness (QED) is 0.491. The molecule has 0 saturated heterocycles. The summed E-state index contributed by atoms with van der Waals surface area (Å²) in [7, 11) is 3.18. The minimum Gasteiger partial charge on any atom is -0.461 e. The first-order chi connectivity index (χ1) is 14.6. The summed E-state index contributed by atoms with van der Waals surface area (Å²) in [4.78, 5) is 42.9. The number of nitrogens with one attached hydrogen (secondary N) is 1. The zero-order chi connectivity index (χ0) is 23.7. The second-order valence-corrected chi connectivity index (χ2v) is 8.73. The van der Waals surface area contributed by atoms with Gasteiger partial charge in [-0.05, 0) is 18.8 Å². The third-order valence-electron chi connectivity index (χ3n) is 5.35. The smallest absolute Gasteiger partial charge is 0.407 e. The van der Waals surface area contributed by atoms with Crippen LogP contribution < -0.4 is 11.1 Å². The average molecular weight is 457 g/mol. The predicted octanol–water partition coefficient (Wildman–Crippen LogP) is 2.96. The Morgan fingerprint density at radius 2 is 1.90 bits per heavy atom. The van der Waals surface area contributed by atoms with Crippen LogP contribution in [0.3, 0.4) is 0 Å². The highest BCUT2D eigenvalue weighted by Crippen LogP contribution is 2.30. The largest absolute Gasteiger partial charge is 0.461 e. The number of rotatable bonds is 11. The number of thiazole rings is 1. The maximum atomic E-state index is 13.0. The Labute approximate surface area is 188 Å². The number of esters is 1. The standard InChI is InChI=1S/C21H36N4O5S/c1-8-13(5)17(22)19(26)25(7)15(12(3)4)10-16(30-21(28)23-6)18-24-14(11-31-18)20(27)29-9-2/h11-13,15-17H,8-10,22H2,1-7H3,(H,23,28). The number of amides is 2. The van der Waals surface area contributed by atoms with E-state index in [0.29, 0.717) is 11.4 Å². The van der Waals surface area contributed by atoms with Gasteiger partial charge < -0.3 is 25.4 Å². The molecule has 31 heavy (non-hydrogen) atoms. The van der Waals surface area contributed by atoms with Crippen molar-refractivity contribution in [2.45, 2.75) is 65.6 Å². The fraction of sp³-hybridized carbons (Fsp3) is 0.714. The van der Waals surface area contributed by atoms with Gasteiger partial charge in [-0.1, -0.05) is 34.1 Å². The van der Waals surface area contributed by atoms with Gasteiger partial charge in [-0.2, -0.15) is 0 Å². The third kappa shape index (κ3) is 7.46. The van der Waals surface area contributed by atoms with Gasteiger partial charge in [0.2, 0.25) is 5.91 Å². The third-order valence-corrected chi connectivity index (χ3v) is 6.28. The van der Waals surface area contributed by atoms with Crippen LogP contribution in [0, 0.1) is 11.8 Å². The van der Waals surface area contributed by atoms with Gasteiger partial charge >= 0.3 is 12.1 Å². The van der Waals surface area contributed by atoms with Gasteiger partial charge in [0.15, 0.2) is 11.8 Å². The van der Waals surface area contributed by atoms with Crippen molar-refractivity contribution in [2.75, 3.05) is 20.7 Å². The van der Waals surface area contributed by atoms with E-state index < -0.39 is 24.2 Å². The first kappa shape index (κ1) is 26.8. The van der Waals surface area contributed by atoms with Crippen LogP contribution in [0.4, 0.5) is 4.79 Å². The first-order valence-electron chi connectivity index (χ1n) is 10.6. The molecule has 0 aliphatic rings. The zero-order valence-corrected chi connectivity index (χ0v) is 20.3. The SMILES string of the molecule is CCOC(=O)c1csc(C(CC(C(C)C)N(C)C(=O)C(N)C(C)CC)OC(=O)NC)n1. The number of ether oxygens (including phenoxy) is 2. The van der Waals surface area contributed by atoms with E-state index in [9.17, 15) is 14.4 Å². The van der Waals surface area contributed by atoms with Crippen LogP contribution >= 0.6 is 11.3 Å². The number of hydrogen-bond donors (Lipinski definition) is 2. The van der Waals surface area contributed by atoms with E-state index in [4.69, 9.17) is 15.2 Å². The van der Waals surface area contributed by atoms with Crippen molar-refractivity contribution in [1.29, 1.82) is 0 Å². The predicted molar refractivity (Wildman–Crippen MR) is 120 cm³/mol. The summed E-state index contributed by atoms with van der Waals surface area (Å²) in [6.07, 6.45) is -0.247. The van der Waals surface area contributed by atoms with E-state index >= 15 is 0 Å². The summed E-state index contributed by atoms with van der Waals surface area (Å²) in [5.74, 6) is -0.570. The Bertz CT molecular complexity index is 739. The molecule has 0 saturated carbocycles. The zero-order valence-electron chi connectivity index (χ0n) is 19.5. The molecule has 0 fully saturated rings. The number of nitrogens with zero attached hydrogens (tertiary/aromatic N) is 2. The minimum atomic E-state index is -0.740. The Hall–Kier alpha value is -2.20. The monoisotopic (exact) mass is 456 g/mol. The molecule has 0 aromatic carbocycles. The molecule has 4 atom stereocenters. The summed E-state index contributed by atoms with van der Waals surface area (Å²) in [5.41, 5.74) is 6.33. The Balaban J connectivity index is 3.15. The number of aromatic nitrogens is 1. The van der Waals surface area contributed by atoms with Crippen LogP contribution in [0.25, 0.3) is 0 Å². The van der Waals surface area contributed by atoms with E-state index in [0.717, 1.165) is 6.42 Å². The van der Waals surface area contributed by atoms with Crippen LogP contribution in [-0.4, -0.2) is 60.6 Å². The van der Waals surface area contributed by atoms with Crippen molar-refractivity contribution >= 4 is 29.3 Å². The summed E-state index contributed by atoms with van der Waals surface area (Å²) < 4.78 is 10.5. The highest BCUT2D eigenvalue weighted by Gasteiger charge is 2.33. The number of nitrogens with two attached hydrogens (primary N) is 1. The number of likely N-dealkylation sites (N-methyl/N-ethyl adjacent to an activating group) is 1. The number of hydrogen-bond acceptors (Lipinski definition) is 8. The minimum absolute atomic E-state index is 0.0479. The van der Waals surface area contributed by atoms with Gasteiger partial charge in [0.25, 0.3) is 0 Å². The molecule has 0 radical (unpaired) electrons. The van der Waals surface area contributed by atoms with Gasteiger partial charge in [-0.3, -0.25) is 4.79 Å². The molecule has 9 nitrogen and oxygen atoms in total. The summed E-state index contributed by atoms with van der Waals surface area (Å²) in [5, 5.41) is 4.47. The number of alkyl carbamates (subject to hydrolysis) is 1. The molecule has 2 amide bonds. The molecular weight excluding hydrogens is 420 g/mol. The van der Waals surface area contributed by atoms with Gasteiger partial charge in [0, 0.05) is 31.9 Å². The van der Waals surface area contributed by atoms with Crippen LogP contribution in [0.2, 0.25) is 0 Å². The molecule has 4 unspecified atom stereocenters. The van der Waals surface area contributed by atoms with E-state index in [-0.39, 0.29) is 36.1 Å². The van der Waals surface area contributed by atoms with Crippen molar-refractivity contribution in [3.05, 3.63) is 16.1 Å². The van der Waals surface area contributed by atoms with Crippen LogP contribution in [0.1, 0.15) is 69.1 Å². The van der Waals surface area contributed by atoms with E-state index in [1.807, 2.05) is 27.7 Å². The highest BCUT2D eigenvalue weighted by atomic mass is 32.1. The van der Waals surface area contributed by atoms with Gasteiger partial charge in [0.05, 0.1) is 12.6 Å². The van der Waals surface area contributed by atoms with Crippen molar-refractivity contribution in [3.8, 4) is 0 Å². The molecule has 1 rings (SSSR count). The average Bonchev–Trinajstić information content (AvgIpc) is 3.24. The molecule has 0 aliphatic carbocycles. The lowest BCUT2D eigenvalue weighted by Gasteiger charge is -2.35. The molecule has 1 aromatic heterocycles. The van der Waals surface area contributed by atoms with E-state index in [1.54, 1.807) is 24.3 Å². The maximum absolute atomic E-state index is 13.0. The molecule has 1 aromatic rings. The second-order valence-electron chi connectivity index (χ2n) is 7.84.